The average molecular weight is 513 g/mol. The molecular weight excluding hydrogens is 491 g/mol. The molecule has 0 aromatic heterocycles. The van der Waals surface area contributed by atoms with Crippen LogP contribution in [-0.4, -0.2) is 36.2 Å². The van der Waals surface area contributed by atoms with Crippen LogP contribution in [0.15, 0.2) is 60.7 Å². The second-order valence-corrected chi connectivity index (χ2v) is 9.06. The van der Waals surface area contributed by atoms with E-state index in [1.807, 2.05) is 36.4 Å². The van der Waals surface area contributed by atoms with E-state index < -0.39 is 23.9 Å². The molecule has 1 aliphatic carbocycles. The van der Waals surface area contributed by atoms with E-state index in [4.69, 9.17) is 27.9 Å². The van der Waals surface area contributed by atoms with E-state index in [0.29, 0.717) is 0 Å². The molecule has 3 aromatic carbocycles. The van der Waals surface area contributed by atoms with Crippen molar-refractivity contribution in [1.82, 2.24) is 5.32 Å². The molecule has 2 amide bonds. The van der Waals surface area contributed by atoms with Crippen molar-refractivity contribution >= 4 is 46.9 Å². The molecule has 180 valence electrons. The molecule has 1 unspecified atom stereocenters. The van der Waals surface area contributed by atoms with Crippen LogP contribution in [0.5, 0.6) is 0 Å². The van der Waals surface area contributed by atoms with Crippen LogP contribution >= 0.6 is 23.2 Å². The molecule has 0 saturated heterocycles. The normalized spacial score (nSPS) is 12.9. The molecule has 0 saturated carbocycles. The van der Waals surface area contributed by atoms with Gasteiger partial charge in [0.05, 0.1) is 22.2 Å². The summed E-state index contributed by atoms with van der Waals surface area (Å²) in [5, 5.41) is 14.6. The van der Waals surface area contributed by atoms with Crippen molar-refractivity contribution in [1.29, 1.82) is 0 Å². The Kier molecular flexibility index (Phi) is 7.28. The molecule has 0 aliphatic heterocycles. The van der Waals surface area contributed by atoms with Crippen LogP contribution < -0.4 is 10.6 Å². The lowest BCUT2D eigenvalue weighted by Gasteiger charge is -2.17. The Hall–Kier alpha value is -3.55. The van der Waals surface area contributed by atoms with Crippen molar-refractivity contribution in [3.05, 3.63) is 87.4 Å². The Morgan fingerprint density at radius 2 is 1.60 bits per heavy atom. The topological polar surface area (TPSA) is 105 Å². The van der Waals surface area contributed by atoms with Crippen LogP contribution in [0.1, 0.15) is 34.3 Å². The van der Waals surface area contributed by atoms with Crippen LogP contribution in [-0.2, 0) is 9.53 Å². The van der Waals surface area contributed by atoms with Gasteiger partial charge in [0.2, 0.25) is 5.91 Å². The van der Waals surface area contributed by atoms with Gasteiger partial charge in [-0.3, -0.25) is 4.79 Å². The number of ether oxygens (including phenoxy) is 1. The third-order valence-corrected chi connectivity index (χ3v) is 6.39. The molecule has 0 fully saturated rings. The minimum atomic E-state index is -1.28. The van der Waals surface area contributed by atoms with Gasteiger partial charge in [-0.25, -0.2) is 9.59 Å². The fourth-order valence-electron chi connectivity index (χ4n) is 4.09. The summed E-state index contributed by atoms with van der Waals surface area (Å²) in [5.41, 5.74) is 4.17. The summed E-state index contributed by atoms with van der Waals surface area (Å²) in [7, 11) is 0. The van der Waals surface area contributed by atoms with Gasteiger partial charge in [0.25, 0.3) is 0 Å². The number of benzene rings is 3. The first-order chi connectivity index (χ1) is 16.8. The first-order valence-corrected chi connectivity index (χ1v) is 11.6. The van der Waals surface area contributed by atoms with E-state index in [9.17, 15) is 19.5 Å². The molecule has 35 heavy (non-hydrogen) atoms. The first-order valence-electron chi connectivity index (χ1n) is 10.9. The Morgan fingerprint density at radius 1 is 1.00 bits per heavy atom. The van der Waals surface area contributed by atoms with Crippen molar-refractivity contribution < 1.29 is 24.2 Å². The zero-order valence-corrected chi connectivity index (χ0v) is 20.2. The molecule has 0 spiro atoms. The number of hydrogen-bond acceptors (Lipinski definition) is 4. The van der Waals surface area contributed by atoms with E-state index in [1.165, 1.54) is 12.1 Å². The maximum Gasteiger partial charge on any atom is 0.407 e. The molecule has 0 radical (unpaired) electrons. The smallest absolute Gasteiger partial charge is 0.407 e. The molecule has 0 bridgehead atoms. The summed E-state index contributed by atoms with van der Waals surface area (Å²) in [6, 6.07) is 18.6. The number of hydrogen-bond donors (Lipinski definition) is 3. The van der Waals surface area contributed by atoms with Gasteiger partial charge in [0.15, 0.2) is 0 Å². The Labute approximate surface area is 212 Å². The summed E-state index contributed by atoms with van der Waals surface area (Å²) < 4.78 is 5.48. The number of carbonyl (C=O) groups is 3. The van der Waals surface area contributed by atoms with Gasteiger partial charge in [0, 0.05) is 17.5 Å². The summed E-state index contributed by atoms with van der Waals surface area (Å²) in [4.78, 5) is 36.4. The van der Waals surface area contributed by atoms with Crippen molar-refractivity contribution in [2.24, 2.45) is 5.92 Å². The fraction of sp³-hybridized carbons (Fsp3) is 0.192. The van der Waals surface area contributed by atoms with Crippen molar-refractivity contribution in [3.8, 4) is 11.1 Å². The summed E-state index contributed by atoms with van der Waals surface area (Å²) in [6.07, 6.45) is -0.651. The van der Waals surface area contributed by atoms with Crippen LogP contribution in [0.3, 0.4) is 0 Å². The lowest BCUT2D eigenvalue weighted by Crippen LogP contribution is -2.35. The quantitative estimate of drug-likeness (QED) is 0.370. The van der Waals surface area contributed by atoms with E-state index in [2.05, 4.69) is 22.8 Å². The predicted molar refractivity (Wildman–Crippen MR) is 134 cm³/mol. The highest BCUT2D eigenvalue weighted by Crippen LogP contribution is 2.44. The van der Waals surface area contributed by atoms with E-state index >= 15 is 0 Å². The molecule has 4 rings (SSSR count). The lowest BCUT2D eigenvalue weighted by atomic mass is 9.98. The van der Waals surface area contributed by atoms with Crippen molar-refractivity contribution in [2.45, 2.75) is 12.8 Å². The van der Waals surface area contributed by atoms with Crippen LogP contribution in [0.4, 0.5) is 10.5 Å². The number of anilines is 1. The monoisotopic (exact) mass is 512 g/mol. The zero-order chi connectivity index (χ0) is 25.1. The fourth-order valence-corrected chi connectivity index (χ4v) is 4.63. The van der Waals surface area contributed by atoms with Crippen LogP contribution in [0.2, 0.25) is 10.0 Å². The molecule has 3 aromatic rings. The standard InChI is InChI=1S/C26H22Cl2N2O5/c1-14(24(31)30-23-20(25(32)33)10-15(27)11-22(23)28)12-29-26(34)35-13-21-18-8-4-2-6-16(18)17-7-3-5-9-19(17)21/h2-11,14,21H,12-13H2,1H3,(H,29,34)(H,30,31)(H,32,33). The molecule has 9 heteroatoms. The Bertz CT molecular complexity index is 1270. The molecule has 7 nitrogen and oxygen atoms in total. The largest absolute Gasteiger partial charge is 0.478 e. The van der Waals surface area contributed by atoms with Gasteiger partial charge in [0.1, 0.15) is 6.61 Å². The average Bonchev–Trinajstić information content (AvgIpc) is 3.16. The highest BCUT2D eigenvalue weighted by atomic mass is 35.5. The highest BCUT2D eigenvalue weighted by molar-refractivity contribution is 6.37. The molecule has 3 N–H and O–H groups in total. The van der Waals surface area contributed by atoms with Crippen LogP contribution in [0, 0.1) is 5.92 Å². The van der Waals surface area contributed by atoms with Gasteiger partial charge in [-0.15, -0.1) is 0 Å². The van der Waals surface area contributed by atoms with E-state index in [0.717, 1.165) is 22.3 Å². The van der Waals surface area contributed by atoms with Gasteiger partial charge < -0.3 is 20.5 Å². The van der Waals surface area contributed by atoms with Gasteiger partial charge >= 0.3 is 12.1 Å². The third kappa shape index (κ3) is 5.26. The number of carboxylic acids is 1. The van der Waals surface area contributed by atoms with Gasteiger partial charge in [-0.05, 0) is 34.4 Å². The summed E-state index contributed by atoms with van der Waals surface area (Å²) in [5.74, 6) is -2.57. The van der Waals surface area contributed by atoms with Gasteiger partial charge in [-0.1, -0.05) is 78.7 Å². The highest BCUT2D eigenvalue weighted by Gasteiger charge is 2.29. The maximum absolute atomic E-state index is 12.6. The number of rotatable bonds is 7. The molecule has 1 aliphatic rings. The zero-order valence-electron chi connectivity index (χ0n) is 18.7. The number of amides is 2. The Morgan fingerprint density at radius 3 is 2.20 bits per heavy atom. The number of fused-ring (bicyclic) bond motifs is 3. The molecular formula is C26H22Cl2N2O5. The van der Waals surface area contributed by atoms with Crippen molar-refractivity contribution in [3.63, 3.8) is 0 Å². The third-order valence-electron chi connectivity index (χ3n) is 5.88. The predicted octanol–water partition coefficient (Wildman–Crippen LogP) is 5.80. The second-order valence-electron chi connectivity index (χ2n) is 8.21. The number of nitrogens with one attached hydrogen (secondary N) is 2. The SMILES string of the molecule is CC(CNC(=O)OCC1c2ccccc2-c2ccccc21)C(=O)Nc1c(Cl)cc(Cl)cc1C(=O)O. The number of aromatic carboxylic acids is 1. The van der Waals surface area contributed by atoms with E-state index in [-0.39, 0.29) is 40.4 Å². The second kappa shape index (κ2) is 10.4. The summed E-state index contributed by atoms with van der Waals surface area (Å²) >= 11 is 11.9. The number of carbonyl (C=O) groups excluding carboxylic acids is 2. The minimum Gasteiger partial charge on any atom is -0.478 e. The first kappa shape index (κ1) is 24.6. The van der Waals surface area contributed by atoms with Gasteiger partial charge in [-0.2, -0.15) is 0 Å². The minimum absolute atomic E-state index is 0.0000509. The van der Waals surface area contributed by atoms with Crippen LogP contribution in [0.25, 0.3) is 11.1 Å². The number of alkyl carbamates (subject to hydrolysis) is 1. The number of carboxylic acid groups (broad SMARTS) is 1. The Balaban J connectivity index is 1.34. The maximum atomic E-state index is 12.6. The van der Waals surface area contributed by atoms with Crippen molar-refractivity contribution in [2.75, 3.05) is 18.5 Å². The summed E-state index contributed by atoms with van der Waals surface area (Å²) in [6.45, 7) is 1.72. The molecule has 0 heterocycles. The number of halogens is 2. The lowest BCUT2D eigenvalue weighted by molar-refractivity contribution is -0.119. The molecule has 1 atom stereocenters. The van der Waals surface area contributed by atoms with E-state index in [1.54, 1.807) is 6.92 Å².